The van der Waals surface area contributed by atoms with Gasteiger partial charge in [-0.2, -0.15) is 4.73 Å². The summed E-state index contributed by atoms with van der Waals surface area (Å²) in [5, 5.41) is 14.7. The van der Waals surface area contributed by atoms with Crippen molar-refractivity contribution >= 4 is 29.0 Å². The van der Waals surface area contributed by atoms with Crippen LogP contribution in [0.25, 0.3) is 0 Å². The Morgan fingerprint density at radius 2 is 1.96 bits per heavy atom. The quantitative estimate of drug-likeness (QED) is 0.504. The molecule has 0 spiro atoms. The normalized spacial score (nSPS) is 15.6. The van der Waals surface area contributed by atoms with Crippen LogP contribution in [0.15, 0.2) is 53.7 Å². The van der Waals surface area contributed by atoms with Gasteiger partial charge >= 0.3 is 0 Å². The average molecular weight is 359 g/mol. The SMILES string of the molecule is CC(Sc1cccc[n+]1[O-])C(=O)Nc1ccc(N2CCOCC2)cc1. The summed E-state index contributed by atoms with van der Waals surface area (Å²) in [7, 11) is 0. The molecule has 1 saturated heterocycles. The molecule has 1 aliphatic heterocycles. The van der Waals surface area contributed by atoms with Crippen molar-refractivity contribution in [1.82, 2.24) is 0 Å². The highest BCUT2D eigenvalue weighted by Gasteiger charge is 2.19. The molecule has 1 aromatic heterocycles. The molecule has 1 N–H and O–H groups in total. The summed E-state index contributed by atoms with van der Waals surface area (Å²) in [5.74, 6) is -0.132. The number of thioether (sulfide) groups is 1. The number of amides is 1. The van der Waals surface area contributed by atoms with Gasteiger partial charge in [-0.1, -0.05) is 0 Å². The first-order chi connectivity index (χ1) is 12.1. The molecule has 0 bridgehead atoms. The first-order valence-corrected chi connectivity index (χ1v) is 9.10. The molecule has 1 aliphatic rings. The fourth-order valence-electron chi connectivity index (χ4n) is 2.56. The number of pyridine rings is 1. The van der Waals surface area contributed by atoms with Gasteiger partial charge in [0.25, 0.3) is 5.03 Å². The molecular formula is C18H21N3O3S. The smallest absolute Gasteiger partial charge is 0.252 e. The van der Waals surface area contributed by atoms with Crippen LogP contribution < -0.4 is 14.9 Å². The Morgan fingerprint density at radius 3 is 2.64 bits per heavy atom. The highest BCUT2D eigenvalue weighted by Crippen LogP contribution is 2.22. The third-order valence-electron chi connectivity index (χ3n) is 3.97. The van der Waals surface area contributed by atoms with Crippen LogP contribution in [0, 0.1) is 5.21 Å². The number of aromatic nitrogens is 1. The van der Waals surface area contributed by atoms with Gasteiger partial charge in [-0.25, -0.2) is 0 Å². The van der Waals surface area contributed by atoms with Gasteiger partial charge in [-0.15, -0.1) is 0 Å². The van der Waals surface area contributed by atoms with E-state index in [2.05, 4.69) is 10.2 Å². The lowest BCUT2D eigenvalue weighted by molar-refractivity contribution is -0.645. The van der Waals surface area contributed by atoms with E-state index in [1.54, 1.807) is 25.1 Å². The van der Waals surface area contributed by atoms with Gasteiger partial charge < -0.3 is 20.2 Å². The molecule has 0 aliphatic carbocycles. The number of carbonyl (C=O) groups excluding carboxylic acids is 1. The zero-order valence-corrected chi connectivity index (χ0v) is 14.9. The first kappa shape index (κ1) is 17.6. The second-order valence-electron chi connectivity index (χ2n) is 5.76. The highest BCUT2D eigenvalue weighted by atomic mass is 32.2. The fourth-order valence-corrected chi connectivity index (χ4v) is 3.41. The van der Waals surface area contributed by atoms with Crippen LogP contribution in [0.1, 0.15) is 6.92 Å². The van der Waals surface area contributed by atoms with E-state index in [9.17, 15) is 10.0 Å². The Hall–Kier alpha value is -2.25. The number of hydrogen-bond acceptors (Lipinski definition) is 5. The Bertz CT molecular complexity index is 718. The van der Waals surface area contributed by atoms with Crippen LogP contribution in [-0.2, 0) is 9.53 Å². The van der Waals surface area contributed by atoms with Gasteiger partial charge in [-0.05, 0) is 49.0 Å². The van der Waals surface area contributed by atoms with Crippen molar-refractivity contribution in [3.8, 4) is 0 Å². The molecule has 7 heteroatoms. The molecule has 1 fully saturated rings. The number of nitrogens with one attached hydrogen (secondary N) is 1. The largest absolute Gasteiger partial charge is 0.618 e. The first-order valence-electron chi connectivity index (χ1n) is 8.22. The Kier molecular flexibility index (Phi) is 5.78. The number of benzene rings is 1. The van der Waals surface area contributed by atoms with E-state index in [1.165, 1.54) is 18.0 Å². The molecule has 1 aromatic carbocycles. The monoisotopic (exact) mass is 359 g/mol. The van der Waals surface area contributed by atoms with Crippen LogP contribution in [0.3, 0.4) is 0 Å². The lowest BCUT2D eigenvalue weighted by atomic mass is 10.2. The minimum absolute atomic E-state index is 0.132. The van der Waals surface area contributed by atoms with E-state index < -0.39 is 0 Å². The van der Waals surface area contributed by atoms with E-state index in [1.807, 2.05) is 24.3 Å². The van der Waals surface area contributed by atoms with Crippen LogP contribution in [-0.4, -0.2) is 37.5 Å². The Morgan fingerprint density at radius 1 is 1.24 bits per heavy atom. The number of nitrogens with zero attached hydrogens (tertiary/aromatic N) is 2. The van der Waals surface area contributed by atoms with Crippen molar-refractivity contribution < 1.29 is 14.3 Å². The maximum Gasteiger partial charge on any atom is 0.252 e. The van der Waals surface area contributed by atoms with Gasteiger partial charge in [0.2, 0.25) is 5.91 Å². The lowest BCUT2D eigenvalue weighted by Gasteiger charge is -2.28. The molecule has 2 heterocycles. The van der Waals surface area contributed by atoms with Crippen molar-refractivity contribution in [2.75, 3.05) is 36.5 Å². The Labute approximate surface area is 151 Å². The molecule has 0 radical (unpaired) electrons. The second kappa shape index (κ2) is 8.22. The minimum Gasteiger partial charge on any atom is -0.618 e. The number of ether oxygens (including phenoxy) is 1. The minimum atomic E-state index is -0.374. The predicted octanol–water partition coefficient (Wildman–Crippen LogP) is 2.28. The fraction of sp³-hybridized carbons (Fsp3) is 0.333. The van der Waals surface area contributed by atoms with Crippen LogP contribution in [0.2, 0.25) is 0 Å². The van der Waals surface area contributed by atoms with Gasteiger partial charge in [0.05, 0.1) is 18.5 Å². The standard InChI is InChI=1S/C18H21N3O3S/c1-14(25-17-4-2-3-9-21(17)23)18(22)19-15-5-7-16(8-6-15)20-10-12-24-13-11-20/h2-9,14H,10-13H2,1H3,(H,19,22). The third kappa shape index (κ3) is 4.64. The van der Waals surface area contributed by atoms with Crippen molar-refractivity contribution in [3.63, 3.8) is 0 Å². The zero-order valence-electron chi connectivity index (χ0n) is 14.1. The molecule has 132 valence electrons. The van der Waals surface area contributed by atoms with E-state index in [0.29, 0.717) is 5.03 Å². The van der Waals surface area contributed by atoms with Crippen LogP contribution >= 0.6 is 11.8 Å². The van der Waals surface area contributed by atoms with Crippen molar-refractivity contribution in [2.45, 2.75) is 17.2 Å². The molecule has 6 nitrogen and oxygen atoms in total. The summed E-state index contributed by atoms with van der Waals surface area (Å²) in [6.07, 6.45) is 1.43. The lowest BCUT2D eigenvalue weighted by Crippen LogP contribution is -2.36. The van der Waals surface area contributed by atoms with Gasteiger partial charge in [-0.3, -0.25) is 4.79 Å². The molecule has 2 aromatic rings. The van der Waals surface area contributed by atoms with E-state index >= 15 is 0 Å². The molecule has 0 saturated carbocycles. The van der Waals surface area contributed by atoms with Crippen molar-refractivity contribution in [3.05, 3.63) is 53.9 Å². The van der Waals surface area contributed by atoms with Gasteiger partial charge in [0.1, 0.15) is 0 Å². The zero-order chi connectivity index (χ0) is 17.6. The molecule has 1 atom stereocenters. The average Bonchev–Trinajstić information content (AvgIpc) is 2.65. The number of anilines is 2. The summed E-state index contributed by atoms with van der Waals surface area (Å²) >= 11 is 1.24. The van der Waals surface area contributed by atoms with E-state index in [0.717, 1.165) is 42.4 Å². The molecule has 1 amide bonds. The van der Waals surface area contributed by atoms with Crippen molar-refractivity contribution in [1.29, 1.82) is 0 Å². The maximum atomic E-state index is 12.3. The van der Waals surface area contributed by atoms with Gasteiger partial charge in [0, 0.05) is 36.6 Å². The summed E-state index contributed by atoms with van der Waals surface area (Å²) < 4.78 is 6.13. The summed E-state index contributed by atoms with van der Waals surface area (Å²) in [4.78, 5) is 14.6. The Balaban J connectivity index is 1.57. The molecular weight excluding hydrogens is 338 g/mol. The topological polar surface area (TPSA) is 68.5 Å². The maximum absolute atomic E-state index is 12.3. The number of morpholine rings is 1. The van der Waals surface area contributed by atoms with Crippen LogP contribution in [0.5, 0.6) is 0 Å². The second-order valence-corrected chi connectivity index (χ2v) is 7.12. The van der Waals surface area contributed by atoms with E-state index in [4.69, 9.17) is 4.74 Å². The van der Waals surface area contributed by atoms with E-state index in [-0.39, 0.29) is 11.2 Å². The van der Waals surface area contributed by atoms with Crippen LogP contribution in [0.4, 0.5) is 11.4 Å². The highest BCUT2D eigenvalue weighted by molar-refractivity contribution is 8.00. The summed E-state index contributed by atoms with van der Waals surface area (Å²) in [6.45, 7) is 5.03. The summed E-state index contributed by atoms with van der Waals surface area (Å²) in [5.41, 5.74) is 1.87. The molecule has 25 heavy (non-hydrogen) atoms. The number of rotatable bonds is 5. The third-order valence-corrected chi connectivity index (χ3v) is 5.09. The predicted molar refractivity (Wildman–Crippen MR) is 98.8 cm³/mol. The van der Waals surface area contributed by atoms with Crippen molar-refractivity contribution in [2.24, 2.45) is 0 Å². The summed E-state index contributed by atoms with van der Waals surface area (Å²) in [6, 6.07) is 13.0. The molecule has 3 rings (SSSR count). The van der Waals surface area contributed by atoms with Gasteiger partial charge in [0.15, 0.2) is 6.20 Å². The number of carbonyl (C=O) groups is 1. The number of hydrogen-bond donors (Lipinski definition) is 1. The molecule has 1 unspecified atom stereocenters.